The number of halogens is 2. The summed E-state index contributed by atoms with van der Waals surface area (Å²) in [4.78, 5) is 4.20. The summed E-state index contributed by atoms with van der Waals surface area (Å²) in [5.41, 5.74) is 3.44. The van der Waals surface area contributed by atoms with Gasteiger partial charge in [-0.2, -0.15) is 11.8 Å². The highest BCUT2D eigenvalue weighted by Gasteiger charge is 2.07. The van der Waals surface area contributed by atoms with Crippen molar-refractivity contribution in [3.05, 3.63) is 70.3 Å². The molecule has 7 heteroatoms. The quantitative estimate of drug-likeness (QED) is 0.528. The van der Waals surface area contributed by atoms with Crippen LogP contribution in [-0.2, 0) is 30.2 Å². The molecule has 2 rings (SSSR count). The number of guanidine groups is 1. The number of nitrogens with zero attached hydrogens (tertiary/aromatic N) is 1. The van der Waals surface area contributed by atoms with Crippen molar-refractivity contribution < 1.29 is 13.5 Å². The molecule has 2 N–H and O–H groups in total. The van der Waals surface area contributed by atoms with E-state index in [4.69, 9.17) is 4.74 Å². The van der Waals surface area contributed by atoms with Gasteiger partial charge in [0.15, 0.2) is 5.96 Å². The molecule has 0 heterocycles. The predicted octanol–water partition coefficient (Wildman–Crippen LogP) is 3.84. The summed E-state index contributed by atoms with van der Waals surface area (Å²) in [5.74, 6) is 0.861. The molecular weight excluding hydrogens is 368 g/mol. The van der Waals surface area contributed by atoms with Gasteiger partial charge in [0.1, 0.15) is 11.6 Å². The van der Waals surface area contributed by atoms with Crippen LogP contribution in [0.25, 0.3) is 0 Å². The van der Waals surface area contributed by atoms with Gasteiger partial charge in [-0.05, 0) is 47.2 Å². The lowest BCUT2D eigenvalue weighted by Gasteiger charge is -2.15. The van der Waals surface area contributed by atoms with Gasteiger partial charge in [-0.15, -0.1) is 0 Å². The third-order valence-corrected chi connectivity index (χ3v) is 4.61. The first kappa shape index (κ1) is 21.2. The zero-order valence-electron chi connectivity index (χ0n) is 15.8. The van der Waals surface area contributed by atoms with Crippen LogP contribution in [-0.4, -0.2) is 26.4 Å². The average molecular weight is 394 g/mol. The Morgan fingerprint density at radius 3 is 2.52 bits per heavy atom. The Bertz CT molecular complexity index is 784. The fourth-order valence-electron chi connectivity index (χ4n) is 2.65. The van der Waals surface area contributed by atoms with Crippen LogP contribution in [0.2, 0.25) is 0 Å². The Morgan fingerprint density at radius 1 is 1.04 bits per heavy atom. The van der Waals surface area contributed by atoms with Gasteiger partial charge in [0.2, 0.25) is 0 Å². The number of nitrogens with one attached hydrogen (secondary N) is 2. The third-order valence-electron chi connectivity index (χ3n) is 4.01. The molecule has 0 spiro atoms. The van der Waals surface area contributed by atoms with E-state index in [1.54, 1.807) is 43.1 Å². The number of rotatable bonds is 8. The zero-order chi connectivity index (χ0) is 19.6. The van der Waals surface area contributed by atoms with E-state index in [1.807, 2.05) is 6.26 Å². The molecule has 0 atom stereocenters. The molecular formula is C20H25F2N3OS. The first-order valence-electron chi connectivity index (χ1n) is 8.54. The standard InChI is InChI=1S/C20H25F2N3OS/c1-23-20(24-10-14-4-7-19(22)16(8-14)12-26-2)25-11-15-5-6-18(21)9-17(15)13-27-3/h4-9H,10-13H2,1-3H3,(H2,23,24,25). The maximum absolute atomic E-state index is 13.7. The van der Waals surface area contributed by atoms with E-state index in [2.05, 4.69) is 15.6 Å². The molecule has 2 aromatic rings. The second-order valence-electron chi connectivity index (χ2n) is 5.98. The second kappa shape index (κ2) is 10.9. The lowest BCUT2D eigenvalue weighted by atomic mass is 10.1. The van der Waals surface area contributed by atoms with Crippen LogP contribution in [0.15, 0.2) is 41.4 Å². The minimum Gasteiger partial charge on any atom is -0.380 e. The summed E-state index contributed by atoms with van der Waals surface area (Å²) in [6, 6.07) is 9.76. The minimum absolute atomic E-state index is 0.228. The molecule has 0 saturated heterocycles. The summed E-state index contributed by atoms with van der Waals surface area (Å²) < 4.78 is 32.2. The van der Waals surface area contributed by atoms with E-state index in [0.717, 1.165) is 22.4 Å². The summed E-state index contributed by atoms with van der Waals surface area (Å²) in [7, 11) is 3.22. The normalized spacial score (nSPS) is 11.5. The summed E-state index contributed by atoms with van der Waals surface area (Å²) in [5, 5.41) is 6.44. The van der Waals surface area contributed by atoms with Crippen LogP contribution in [0.4, 0.5) is 8.78 Å². The molecule has 0 unspecified atom stereocenters. The lowest BCUT2D eigenvalue weighted by Crippen LogP contribution is -2.36. The summed E-state index contributed by atoms with van der Waals surface area (Å²) in [6.45, 7) is 1.27. The van der Waals surface area contributed by atoms with Crippen LogP contribution in [0.3, 0.4) is 0 Å². The van der Waals surface area contributed by atoms with Crippen molar-refractivity contribution in [1.82, 2.24) is 10.6 Å². The third kappa shape index (κ3) is 6.52. The Morgan fingerprint density at radius 2 is 1.81 bits per heavy atom. The molecule has 0 aliphatic carbocycles. The van der Waals surface area contributed by atoms with Crippen molar-refractivity contribution >= 4 is 17.7 Å². The van der Waals surface area contributed by atoms with E-state index >= 15 is 0 Å². The SMILES string of the molecule is CN=C(NCc1ccc(F)c(COC)c1)NCc1ccc(F)cc1CSC. The Kier molecular flexibility index (Phi) is 8.54. The van der Waals surface area contributed by atoms with Crippen molar-refractivity contribution in [2.24, 2.45) is 4.99 Å². The number of benzene rings is 2. The van der Waals surface area contributed by atoms with Crippen LogP contribution in [0.5, 0.6) is 0 Å². The molecule has 0 saturated carbocycles. The molecule has 0 bridgehead atoms. The van der Waals surface area contributed by atoms with Crippen LogP contribution < -0.4 is 10.6 Å². The summed E-state index contributed by atoms with van der Waals surface area (Å²) >= 11 is 1.65. The van der Waals surface area contributed by atoms with Gasteiger partial charge in [0.25, 0.3) is 0 Å². The highest BCUT2D eigenvalue weighted by atomic mass is 32.2. The topological polar surface area (TPSA) is 45.7 Å². The summed E-state index contributed by atoms with van der Waals surface area (Å²) in [6.07, 6.45) is 1.99. The van der Waals surface area contributed by atoms with Gasteiger partial charge in [-0.25, -0.2) is 8.78 Å². The monoisotopic (exact) mass is 393 g/mol. The van der Waals surface area contributed by atoms with Crippen molar-refractivity contribution in [3.63, 3.8) is 0 Å². The van der Waals surface area contributed by atoms with Crippen molar-refractivity contribution in [3.8, 4) is 0 Å². The molecule has 4 nitrogen and oxygen atoms in total. The fourth-order valence-corrected chi connectivity index (χ4v) is 3.23. The van der Waals surface area contributed by atoms with Crippen LogP contribution in [0, 0.1) is 11.6 Å². The number of hydrogen-bond donors (Lipinski definition) is 2. The van der Waals surface area contributed by atoms with Crippen molar-refractivity contribution in [1.29, 1.82) is 0 Å². The number of methoxy groups -OCH3 is 1. The predicted molar refractivity (Wildman–Crippen MR) is 108 cm³/mol. The smallest absolute Gasteiger partial charge is 0.191 e. The van der Waals surface area contributed by atoms with E-state index in [0.29, 0.717) is 24.6 Å². The highest BCUT2D eigenvalue weighted by molar-refractivity contribution is 7.97. The molecule has 0 radical (unpaired) electrons. The fraction of sp³-hybridized carbons (Fsp3) is 0.350. The van der Waals surface area contributed by atoms with Gasteiger partial charge < -0.3 is 15.4 Å². The van der Waals surface area contributed by atoms with E-state index < -0.39 is 0 Å². The first-order chi connectivity index (χ1) is 13.1. The largest absolute Gasteiger partial charge is 0.380 e. The van der Waals surface area contributed by atoms with Crippen molar-refractivity contribution in [2.45, 2.75) is 25.4 Å². The molecule has 0 aliphatic rings. The molecule has 0 fully saturated rings. The molecule has 0 aliphatic heterocycles. The van der Waals surface area contributed by atoms with Crippen LogP contribution in [0.1, 0.15) is 22.3 Å². The number of thioether (sulfide) groups is 1. The molecule has 0 aromatic heterocycles. The van der Waals surface area contributed by atoms with Crippen molar-refractivity contribution in [2.75, 3.05) is 20.4 Å². The number of ether oxygens (including phenoxy) is 1. The Labute approximate surface area is 163 Å². The molecule has 0 amide bonds. The van der Waals surface area contributed by atoms with Gasteiger partial charge >= 0.3 is 0 Å². The Balaban J connectivity index is 1.96. The van der Waals surface area contributed by atoms with E-state index in [9.17, 15) is 8.78 Å². The average Bonchev–Trinajstić information content (AvgIpc) is 2.66. The molecule has 2 aromatic carbocycles. The zero-order valence-corrected chi connectivity index (χ0v) is 16.6. The lowest BCUT2D eigenvalue weighted by molar-refractivity contribution is 0.181. The number of aliphatic imine (C=N–C) groups is 1. The Hall–Kier alpha value is -2.12. The van der Waals surface area contributed by atoms with Gasteiger partial charge in [0.05, 0.1) is 6.61 Å². The first-order valence-corrected chi connectivity index (χ1v) is 9.93. The molecule has 146 valence electrons. The van der Waals surface area contributed by atoms with Gasteiger partial charge in [-0.1, -0.05) is 12.1 Å². The maximum Gasteiger partial charge on any atom is 0.191 e. The van der Waals surface area contributed by atoms with Gasteiger partial charge in [0, 0.05) is 38.6 Å². The molecule has 27 heavy (non-hydrogen) atoms. The highest BCUT2D eigenvalue weighted by Crippen LogP contribution is 2.16. The minimum atomic E-state index is -0.277. The van der Waals surface area contributed by atoms with Gasteiger partial charge in [-0.3, -0.25) is 4.99 Å². The van der Waals surface area contributed by atoms with Crippen LogP contribution >= 0.6 is 11.8 Å². The second-order valence-corrected chi connectivity index (χ2v) is 6.85. The number of hydrogen-bond acceptors (Lipinski definition) is 3. The van der Waals surface area contributed by atoms with E-state index in [1.165, 1.54) is 19.2 Å². The van der Waals surface area contributed by atoms with E-state index in [-0.39, 0.29) is 18.2 Å². The maximum atomic E-state index is 13.7.